The number of nitrogens with one attached hydrogen (secondary N) is 1. The Hall–Kier alpha value is -1.30. The second-order valence-corrected chi connectivity index (χ2v) is 4.68. The van der Waals surface area contributed by atoms with Crippen LogP contribution in [0.3, 0.4) is 0 Å². The monoisotopic (exact) mass is 260 g/mol. The van der Waals surface area contributed by atoms with Crippen molar-refractivity contribution in [1.82, 2.24) is 10.2 Å². The zero-order chi connectivity index (χ0) is 14.1. The van der Waals surface area contributed by atoms with Gasteiger partial charge in [-0.25, -0.2) is 9.59 Å². The van der Waals surface area contributed by atoms with Gasteiger partial charge in [-0.1, -0.05) is 20.8 Å². The molecule has 0 saturated heterocycles. The second-order valence-electron chi connectivity index (χ2n) is 4.68. The van der Waals surface area contributed by atoms with Crippen molar-refractivity contribution in [2.24, 2.45) is 5.92 Å². The first-order valence-corrected chi connectivity index (χ1v) is 6.31. The predicted molar refractivity (Wildman–Crippen MR) is 68.4 cm³/mol. The lowest BCUT2D eigenvalue weighted by atomic mass is 10.0. The number of aliphatic carboxylic acids is 1. The number of hydrogen-bond donors (Lipinski definition) is 3. The number of carboxylic acids is 1. The number of rotatable bonds is 8. The zero-order valence-electron chi connectivity index (χ0n) is 11.3. The van der Waals surface area contributed by atoms with Gasteiger partial charge in [0.25, 0.3) is 0 Å². The molecule has 1 atom stereocenters. The van der Waals surface area contributed by atoms with E-state index in [1.165, 1.54) is 4.90 Å². The van der Waals surface area contributed by atoms with Crippen molar-refractivity contribution < 1.29 is 19.8 Å². The fourth-order valence-electron chi connectivity index (χ4n) is 1.64. The highest BCUT2D eigenvalue weighted by atomic mass is 16.4. The summed E-state index contributed by atoms with van der Waals surface area (Å²) in [5.41, 5.74) is 0. The van der Waals surface area contributed by atoms with E-state index in [0.29, 0.717) is 13.0 Å². The Morgan fingerprint density at radius 1 is 1.28 bits per heavy atom. The second kappa shape index (κ2) is 8.74. The number of carboxylic acid groups (broad SMARTS) is 1. The molecular formula is C12H24N2O4. The minimum atomic E-state index is -1.03. The molecule has 0 aromatic rings. The van der Waals surface area contributed by atoms with Gasteiger partial charge in [-0.05, 0) is 18.8 Å². The van der Waals surface area contributed by atoms with Gasteiger partial charge in [-0.15, -0.1) is 0 Å². The van der Waals surface area contributed by atoms with Crippen LogP contribution in [0.1, 0.15) is 33.6 Å². The van der Waals surface area contributed by atoms with E-state index >= 15 is 0 Å². The van der Waals surface area contributed by atoms with Gasteiger partial charge in [0.2, 0.25) is 0 Å². The molecule has 0 aromatic carbocycles. The average molecular weight is 260 g/mol. The molecule has 0 heterocycles. The Labute approximate surface area is 108 Å². The van der Waals surface area contributed by atoms with E-state index in [1.54, 1.807) is 0 Å². The summed E-state index contributed by atoms with van der Waals surface area (Å²) in [6.45, 7) is 6.31. The van der Waals surface area contributed by atoms with Crippen LogP contribution in [0.25, 0.3) is 0 Å². The van der Waals surface area contributed by atoms with Gasteiger partial charge in [0.1, 0.15) is 6.04 Å². The van der Waals surface area contributed by atoms with E-state index in [0.717, 1.165) is 6.42 Å². The molecule has 3 N–H and O–H groups in total. The Bertz CT molecular complexity index is 263. The third kappa shape index (κ3) is 6.44. The van der Waals surface area contributed by atoms with Crippen molar-refractivity contribution in [3.8, 4) is 0 Å². The van der Waals surface area contributed by atoms with Crippen LogP contribution in [0.5, 0.6) is 0 Å². The summed E-state index contributed by atoms with van der Waals surface area (Å²) in [5, 5.41) is 20.4. The number of aliphatic hydroxyl groups is 1. The molecule has 0 spiro atoms. The molecule has 0 saturated carbocycles. The predicted octanol–water partition coefficient (Wildman–Crippen LogP) is 0.900. The van der Waals surface area contributed by atoms with Gasteiger partial charge in [-0.2, -0.15) is 0 Å². The molecule has 0 aliphatic heterocycles. The van der Waals surface area contributed by atoms with Gasteiger partial charge < -0.3 is 20.4 Å². The summed E-state index contributed by atoms with van der Waals surface area (Å²) in [6.07, 6.45) is 1.15. The molecule has 6 heteroatoms. The van der Waals surface area contributed by atoms with Crippen molar-refractivity contribution in [2.75, 3.05) is 19.7 Å². The Morgan fingerprint density at radius 2 is 1.89 bits per heavy atom. The van der Waals surface area contributed by atoms with Gasteiger partial charge in [0, 0.05) is 13.1 Å². The van der Waals surface area contributed by atoms with Gasteiger partial charge in [0.05, 0.1) is 6.61 Å². The summed E-state index contributed by atoms with van der Waals surface area (Å²) in [7, 11) is 0. The van der Waals surface area contributed by atoms with Gasteiger partial charge in [-0.3, -0.25) is 0 Å². The number of urea groups is 1. The van der Waals surface area contributed by atoms with Crippen LogP contribution < -0.4 is 5.32 Å². The number of carbonyl (C=O) groups excluding carboxylic acids is 1. The molecule has 0 aromatic heterocycles. The number of nitrogens with zero attached hydrogens (tertiary/aromatic N) is 1. The maximum absolute atomic E-state index is 11.9. The lowest BCUT2D eigenvalue weighted by molar-refractivity contribution is -0.139. The van der Waals surface area contributed by atoms with Gasteiger partial charge in [0.15, 0.2) is 0 Å². The van der Waals surface area contributed by atoms with Crippen molar-refractivity contribution >= 4 is 12.0 Å². The Balaban J connectivity index is 4.49. The molecule has 0 bridgehead atoms. The van der Waals surface area contributed by atoms with Crippen molar-refractivity contribution in [3.63, 3.8) is 0 Å². The minimum Gasteiger partial charge on any atom is -0.480 e. The minimum absolute atomic E-state index is 0.130. The van der Waals surface area contributed by atoms with E-state index in [1.807, 2.05) is 20.8 Å². The highest BCUT2D eigenvalue weighted by molar-refractivity contribution is 5.82. The highest BCUT2D eigenvalue weighted by Crippen LogP contribution is 2.06. The molecule has 0 fully saturated rings. The molecular weight excluding hydrogens is 236 g/mol. The van der Waals surface area contributed by atoms with Crippen LogP contribution in [0, 0.1) is 5.92 Å². The van der Waals surface area contributed by atoms with Crippen molar-refractivity contribution in [1.29, 1.82) is 0 Å². The van der Waals surface area contributed by atoms with Crippen LogP contribution in [-0.4, -0.2) is 52.9 Å². The molecule has 2 amide bonds. The highest BCUT2D eigenvalue weighted by Gasteiger charge is 2.23. The number of hydrogen-bond acceptors (Lipinski definition) is 3. The SMILES string of the molecule is CCCN(CCO)C(=O)NC(CC(C)C)C(=O)O. The third-order valence-electron chi connectivity index (χ3n) is 2.45. The number of amides is 2. The summed E-state index contributed by atoms with van der Waals surface area (Å²) >= 11 is 0. The van der Waals surface area contributed by atoms with E-state index < -0.39 is 18.0 Å². The van der Waals surface area contributed by atoms with Crippen LogP contribution in [0.2, 0.25) is 0 Å². The third-order valence-corrected chi connectivity index (χ3v) is 2.45. The maximum Gasteiger partial charge on any atom is 0.326 e. The zero-order valence-corrected chi connectivity index (χ0v) is 11.3. The fraction of sp³-hybridized carbons (Fsp3) is 0.833. The van der Waals surface area contributed by atoms with Crippen molar-refractivity contribution in [2.45, 2.75) is 39.7 Å². The smallest absolute Gasteiger partial charge is 0.326 e. The first kappa shape index (κ1) is 16.7. The standard InChI is InChI=1S/C12H24N2O4/c1-4-5-14(6-7-15)12(18)13-10(11(16)17)8-9(2)3/h9-10,15H,4-8H2,1-3H3,(H,13,18)(H,16,17). The maximum atomic E-state index is 11.9. The normalized spacial score (nSPS) is 12.3. The summed E-state index contributed by atoms with van der Waals surface area (Å²) in [4.78, 5) is 24.3. The Morgan fingerprint density at radius 3 is 2.28 bits per heavy atom. The summed E-state index contributed by atoms with van der Waals surface area (Å²) in [5.74, 6) is -0.846. The van der Waals surface area contributed by atoms with Crippen LogP contribution in [0.15, 0.2) is 0 Å². The molecule has 1 unspecified atom stereocenters. The van der Waals surface area contributed by atoms with E-state index in [4.69, 9.17) is 10.2 Å². The van der Waals surface area contributed by atoms with Crippen LogP contribution in [0.4, 0.5) is 4.79 Å². The van der Waals surface area contributed by atoms with Crippen LogP contribution >= 0.6 is 0 Å². The average Bonchev–Trinajstić information content (AvgIpc) is 2.27. The van der Waals surface area contributed by atoms with E-state index in [-0.39, 0.29) is 19.1 Å². The molecule has 0 rings (SSSR count). The van der Waals surface area contributed by atoms with Gasteiger partial charge >= 0.3 is 12.0 Å². The molecule has 106 valence electrons. The molecule has 0 radical (unpaired) electrons. The van der Waals surface area contributed by atoms with Crippen molar-refractivity contribution in [3.05, 3.63) is 0 Å². The Kier molecular flexibility index (Phi) is 8.11. The number of aliphatic hydroxyl groups excluding tert-OH is 1. The molecule has 6 nitrogen and oxygen atoms in total. The number of carbonyl (C=O) groups is 2. The first-order valence-electron chi connectivity index (χ1n) is 6.31. The lowest BCUT2D eigenvalue weighted by Gasteiger charge is -2.24. The lowest BCUT2D eigenvalue weighted by Crippen LogP contribution is -2.49. The topological polar surface area (TPSA) is 89.9 Å². The first-order chi connectivity index (χ1) is 8.42. The van der Waals surface area contributed by atoms with Crippen LogP contribution in [-0.2, 0) is 4.79 Å². The quantitative estimate of drug-likeness (QED) is 0.605. The summed E-state index contributed by atoms with van der Waals surface area (Å²) < 4.78 is 0. The molecule has 18 heavy (non-hydrogen) atoms. The fourth-order valence-corrected chi connectivity index (χ4v) is 1.64. The van der Waals surface area contributed by atoms with E-state index in [9.17, 15) is 9.59 Å². The molecule has 0 aliphatic rings. The van der Waals surface area contributed by atoms with E-state index in [2.05, 4.69) is 5.32 Å². The summed E-state index contributed by atoms with van der Waals surface area (Å²) in [6, 6.07) is -1.31. The largest absolute Gasteiger partial charge is 0.480 e. The molecule has 0 aliphatic carbocycles.